The van der Waals surface area contributed by atoms with E-state index >= 15 is 0 Å². The summed E-state index contributed by atoms with van der Waals surface area (Å²) in [5, 5.41) is 0. The van der Waals surface area contributed by atoms with E-state index in [0.717, 1.165) is 0 Å². The lowest BCUT2D eigenvalue weighted by Gasteiger charge is -2.44. The van der Waals surface area contributed by atoms with E-state index in [2.05, 4.69) is 0 Å². The summed E-state index contributed by atoms with van der Waals surface area (Å²) in [4.78, 5) is 0. The third kappa shape index (κ3) is 1.98. The molecule has 0 spiro atoms. The molecule has 0 saturated carbocycles. The highest BCUT2D eigenvalue weighted by atomic mass is 32.2. The number of rotatable bonds is 2. The minimum Gasteiger partial charge on any atom is -0.402 e. The van der Waals surface area contributed by atoms with Crippen LogP contribution in [0.15, 0.2) is 47.9 Å². The molecule has 21 heavy (non-hydrogen) atoms. The van der Waals surface area contributed by atoms with Gasteiger partial charge in [0.05, 0.1) is 9.49 Å². The van der Waals surface area contributed by atoms with Gasteiger partial charge in [0.25, 0.3) is 0 Å². The predicted molar refractivity (Wildman–Crippen MR) is 86.9 cm³/mol. The standard InChI is InChI=1S/C16H24N2O2S/c1-11-13(17)7-5-9-15(11,3)21(19,20)16(4)10-6-8-14(18)12(16)2/h5-12H,17-18H2,1-4H3. The lowest BCUT2D eigenvalue weighted by Crippen LogP contribution is -2.55. The third-order valence-electron chi connectivity index (χ3n) is 5.31. The Morgan fingerprint density at radius 1 is 0.905 bits per heavy atom. The Labute approximate surface area is 127 Å². The maximum absolute atomic E-state index is 13.4. The van der Waals surface area contributed by atoms with Gasteiger partial charge in [-0.05, 0) is 26.0 Å². The molecule has 4 atom stereocenters. The van der Waals surface area contributed by atoms with Crippen molar-refractivity contribution in [3.05, 3.63) is 47.9 Å². The van der Waals surface area contributed by atoms with Crippen LogP contribution in [0.1, 0.15) is 27.7 Å². The molecule has 4 unspecified atom stereocenters. The van der Waals surface area contributed by atoms with Crippen molar-refractivity contribution in [3.8, 4) is 0 Å². The molecule has 5 heteroatoms. The smallest absolute Gasteiger partial charge is 0.169 e. The Bertz CT molecular complexity index is 620. The number of hydrogen-bond donors (Lipinski definition) is 2. The van der Waals surface area contributed by atoms with Crippen LogP contribution in [0.4, 0.5) is 0 Å². The first kappa shape index (κ1) is 15.9. The molecule has 0 aromatic heterocycles. The Morgan fingerprint density at radius 2 is 1.24 bits per heavy atom. The van der Waals surface area contributed by atoms with Gasteiger partial charge in [-0.3, -0.25) is 0 Å². The van der Waals surface area contributed by atoms with Crippen LogP contribution in [-0.4, -0.2) is 17.9 Å². The molecule has 0 aliphatic heterocycles. The molecule has 0 aromatic carbocycles. The topological polar surface area (TPSA) is 86.2 Å². The van der Waals surface area contributed by atoms with Crippen LogP contribution in [0, 0.1) is 11.8 Å². The third-order valence-corrected chi connectivity index (χ3v) is 8.60. The average Bonchev–Trinajstić information content (AvgIpc) is 2.41. The maximum Gasteiger partial charge on any atom is 0.169 e. The minimum atomic E-state index is -3.56. The van der Waals surface area contributed by atoms with E-state index in [1.807, 2.05) is 13.8 Å². The molecule has 0 radical (unpaired) electrons. The zero-order valence-electron chi connectivity index (χ0n) is 13.0. The van der Waals surface area contributed by atoms with Crippen LogP contribution >= 0.6 is 0 Å². The van der Waals surface area contributed by atoms with E-state index in [1.165, 1.54) is 0 Å². The molecule has 116 valence electrons. The quantitative estimate of drug-likeness (QED) is 0.817. The molecule has 0 amide bonds. The fourth-order valence-corrected chi connectivity index (χ4v) is 5.72. The van der Waals surface area contributed by atoms with E-state index in [0.29, 0.717) is 11.4 Å². The minimum absolute atomic E-state index is 0.281. The summed E-state index contributed by atoms with van der Waals surface area (Å²) in [5.74, 6) is -0.561. The second kappa shape index (κ2) is 4.77. The molecular weight excluding hydrogens is 284 g/mol. The Hall–Kier alpha value is -1.49. The van der Waals surface area contributed by atoms with Crippen molar-refractivity contribution in [2.45, 2.75) is 37.2 Å². The molecular formula is C16H24N2O2S. The summed E-state index contributed by atoms with van der Waals surface area (Å²) in [5.41, 5.74) is 13.1. The first-order valence-electron chi connectivity index (χ1n) is 7.12. The molecule has 2 aliphatic carbocycles. The van der Waals surface area contributed by atoms with Crippen LogP contribution in [0.2, 0.25) is 0 Å². The van der Waals surface area contributed by atoms with Crippen LogP contribution < -0.4 is 11.5 Å². The number of sulfone groups is 1. The van der Waals surface area contributed by atoms with Gasteiger partial charge in [0, 0.05) is 23.2 Å². The van der Waals surface area contributed by atoms with E-state index in [4.69, 9.17) is 11.5 Å². The summed E-state index contributed by atoms with van der Waals surface area (Å²) < 4.78 is 24.8. The first-order valence-corrected chi connectivity index (χ1v) is 8.60. The van der Waals surface area contributed by atoms with Crippen molar-refractivity contribution < 1.29 is 8.42 Å². The van der Waals surface area contributed by atoms with Gasteiger partial charge >= 0.3 is 0 Å². The van der Waals surface area contributed by atoms with Gasteiger partial charge in [-0.15, -0.1) is 0 Å². The van der Waals surface area contributed by atoms with Crippen LogP contribution in [0.5, 0.6) is 0 Å². The van der Waals surface area contributed by atoms with Crippen molar-refractivity contribution >= 4 is 9.84 Å². The monoisotopic (exact) mass is 308 g/mol. The molecule has 2 rings (SSSR count). The molecule has 0 saturated heterocycles. The highest BCUT2D eigenvalue weighted by Gasteiger charge is 2.55. The van der Waals surface area contributed by atoms with Crippen molar-refractivity contribution in [2.24, 2.45) is 23.3 Å². The summed E-state index contributed by atoms with van der Waals surface area (Å²) >= 11 is 0. The summed E-state index contributed by atoms with van der Waals surface area (Å²) in [6.07, 6.45) is 10.5. The lowest BCUT2D eigenvalue weighted by molar-refractivity contribution is 0.445. The van der Waals surface area contributed by atoms with E-state index < -0.39 is 19.3 Å². The zero-order valence-corrected chi connectivity index (χ0v) is 13.8. The van der Waals surface area contributed by atoms with Crippen LogP contribution in [-0.2, 0) is 9.84 Å². The summed E-state index contributed by atoms with van der Waals surface area (Å²) in [7, 11) is -3.56. The van der Waals surface area contributed by atoms with Gasteiger partial charge in [0.2, 0.25) is 0 Å². The van der Waals surface area contributed by atoms with Crippen molar-refractivity contribution in [3.63, 3.8) is 0 Å². The lowest BCUT2D eigenvalue weighted by atomic mass is 9.87. The first-order chi connectivity index (χ1) is 9.58. The highest BCUT2D eigenvalue weighted by Crippen LogP contribution is 2.45. The SMILES string of the molecule is CC1C(N)=CC=CC1(C)S(=O)(=O)C1(C)C=CC=C(N)C1C. The van der Waals surface area contributed by atoms with E-state index in [-0.39, 0.29) is 11.8 Å². The molecule has 0 heterocycles. The number of hydrogen-bond acceptors (Lipinski definition) is 4. The van der Waals surface area contributed by atoms with Crippen LogP contribution in [0.25, 0.3) is 0 Å². The molecule has 4 nitrogen and oxygen atoms in total. The molecule has 4 N–H and O–H groups in total. The van der Waals surface area contributed by atoms with Gasteiger partial charge in [0.15, 0.2) is 9.84 Å². The van der Waals surface area contributed by atoms with Crippen molar-refractivity contribution in [2.75, 3.05) is 0 Å². The van der Waals surface area contributed by atoms with Gasteiger partial charge in [0.1, 0.15) is 0 Å². The normalized spacial score (nSPS) is 39.8. The van der Waals surface area contributed by atoms with Gasteiger partial charge in [-0.1, -0.05) is 38.2 Å². The van der Waals surface area contributed by atoms with Gasteiger partial charge in [-0.2, -0.15) is 0 Å². The van der Waals surface area contributed by atoms with Gasteiger partial charge < -0.3 is 11.5 Å². The average molecular weight is 308 g/mol. The van der Waals surface area contributed by atoms with Gasteiger partial charge in [-0.25, -0.2) is 8.42 Å². The largest absolute Gasteiger partial charge is 0.402 e. The second-order valence-corrected chi connectivity index (χ2v) is 9.13. The summed E-state index contributed by atoms with van der Waals surface area (Å²) in [6.45, 7) is 7.19. The van der Waals surface area contributed by atoms with Crippen molar-refractivity contribution in [1.29, 1.82) is 0 Å². The number of allylic oxidation sites excluding steroid dienone is 6. The Morgan fingerprint density at radius 3 is 1.57 bits per heavy atom. The molecule has 0 aromatic rings. The highest BCUT2D eigenvalue weighted by molar-refractivity contribution is 7.94. The Balaban J connectivity index is 2.58. The zero-order chi connectivity index (χ0) is 16.1. The Kier molecular flexibility index (Phi) is 3.61. The fraction of sp³-hybridized carbons (Fsp3) is 0.500. The summed E-state index contributed by atoms with van der Waals surface area (Å²) in [6, 6.07) is 0. The maximum atomic E-state index is 13.4. The predicted octanol–water partition coefficient (Wildman–Crippen LogP) is 2.02. The molecule has 0 fully saturated rings. The fourth-order valence-electron chi connectivity index (χ4n) is 3.06. The van der Waals surface area contributed by atoms with Crippen LogP contribution in [0.3, 0.4) is 0 Å². The van der Waals surface area contributed by atoms with Crippen molar-refractivity contribution in [1.82, 2.24) is 0 Å². The number of nitrogens with two attached hydrogens (primary N) is 2. The second-order valence-electron chi connectivity index (χ2n) is 6.37. The van der Waals surface area contributed by atoms with E-state index in [9.17, 15) is 8.42 Å². The van der Waals surface area contributed by atoms with E-state index in [1.54, 1.807) is 50.3 Å². The molecule has 2 aliphatic rings. The molecule has 0 bridgehead atoms.